The third-order valence-corrected chi connectivity index (χ3v) is 5.13. The van der Waals surface area contributed by atoms with E-state index in [9.17, 15) is 13.9 Å². The van der Waals surface area contributed by atoms with Crippen LogP contribution in [0.3, 0.4) is 0 Å². The molecule has 0 aromatic heterocycles. The number of hydrogen-bond donors (Lipinski definition) is 3. The number of aryl methyl sites for hydroxylation is 1. The van der Waals surface area contributed by atoms with Crippen LogP contribution >= 0.6 is 0 Å². The van der Waals surface area contributed by atoms with Gasteiger partial charge in [0.2, 0.25) is 0 Å². The molecule has 0 spiro atoms. The number of fused-ring (bicyclic) bond motifs is 1. The lowest BCUT2D eigenvalue weighted by molar-refractivity contribution is 0.136. The molecule has 6 heteroatoms. The van der Waals surface area contributed by atoms with Crippen molar-refractivity contribution >= 4 is 0 Å². The summed E-state index contributed by atoms with van der Waals surface area (Å²) >= 11 is 0. The first-order chi connectivity index (χ1) is 13.0. The molecule has 1 unspecified atom stereocenters. The van der Waals surface area contributed by atoms with E-state index >= 15 is 0 Å². The smallest absolute Gasteiger partial charge is 0.126 e. The summed E-state index contributed by atoms with van der Waals surface area (Å²) in [6.45, 7) is 0.306. The first-order valence-electron chi connectivity index (χ1n) is 9.25. The molecule has 4 N–H and O–H groups in total. The largest absolute Gasteiger partial charge is 0.497 e. The molecule has 0 fully saturated rings. The van der Waals surface area contributed by atoms with Crippen LogP contribution in [0.25, 0.3) is 0 Å². The first-order valence-corrected chi connectivity index (χ1v) is 9.25. The minimum Gasteiger partial charge on any atom is -0.497 e. The number of methoxy groups -OCH3 is 1. The molecular weight excluding hydrogens is 350 g/mol. The van der Waals surface area contributed by atoms with E-state index in [-0.39, 0.29) is 12.5 Å². The maximum absolute atomic E-state index is 13.3. The Bertz CT molecular complexity index is 765. The maximum atomic E-state index is 13.3. The van der Waals surface area contributed by atoms with Gasteiger partial charge in [-0.3, -0.25) is 0 Å². The third-order valence-electron chi connectivity index (χ3n) is 5.13. The van der Waals surface area contributed by atoms with Gasteiger partial charge in [0.15, 0.2) is 0 Å². The van der Waals surface area contributed by atoms with Crippen LogP contribution in [0.5, 0.6) is 5.75 Å². The average molecular weight is 376 g/mol. The Labute approximate surface area is 158 Å². The van der Waals surface area contributed by atoms with Crippen molar-refractivity contribution in [2.45, 2.75) is 43.9 Å². The zero-order chi connectivity index (χ0) is 19.4. The van der Waals surface area contributed by atoms with Crippen molar-refractivity contribution in [1.82, 2.24) is 5.32 Å². The summed E-state index contributed by atoms with van der Waals surface area (Å²) < 4.78 is 31.9. The molecule has 0 bridgehead atoms. The molecule has 0 aliphatic heterocycles. The quantitative estimate of drug-likeness (QED) is 0.695. The predicted octanol–water partition coefficient (Wildman–Crippen LogP) is 2.87. The van der Waals surface area contributed by atoms with Crippen LogP contribution in [0.4, 0.5) is 8.78 Å². The van der Waals surface area contributed by atoms with Gasteiger partial charge in [0.1, 0.15) is 17.4 Å². The van der Waals surface area contributed by atoms with E-state index in [0.29, 0.717) is 12.1 Å². The molecule has 4 nitrogen and oxygen atoms in total. The number of ether oxygens (including phenoxy) is 1. The van der Waals surface area contributed by atoms with Crippen LogP contribution in [0.15, 0.2) is 36.4 Å². The van der Waals surface area contributed by atoms with Crippen molar-refractivity contribution in [3.63, 3.8) is 0 Å². The van der Waals surface area contributed by atoms with Crippen LogP contribution in [0.1, 0.15) is 35.6 Å². The van der Waals surface area contributed by atoms with Gasteiger partial charge in [-0.05, 0) is 66.6 Å². The fourth-order valence-electron chi connectivity index (χ4n) is 3.67. The SMILES string of the molecule is COc1ccc2c(c1)C(NC[C@@H](O)[C@@H](N)Cc1cc(F)cc(F)c1)CCC2. The van der Waals surface area contributed by atoms with Crippen LogP contribution in [0, 0.1) is 11.6 Å². The molecule has 2 aromatic rings. The highest BCUT2D eigenvalue weighted by molar-refractivity contribution is 5.39. The molecule has 2 aromatic carbocycles. The molecule has 27 heavy (non-hydrogen) atoms. The average Bonchev–Trinajstić information content (AvgIpc) is 2.64. The van der Waals surface area contributed by atoms with Gasteiger partial charge in [0.25, 0.3) is 0 Å². The van der Waals surface area contributed by atoms with Crippen molar-refractivity contribution in [2.75, 3.05) is 13.7 Å². The molecule has 1 aliphatic carbocycles. The fourth-order valence-corrected chi connectivity index (χ4v) is 3.67. The minimum atomic E-state index is -0.827. The zero-order valence-electron chi connectivity index (χ0n) is 15.4. The van der Waals surface area contributed by atoms with E-state index in [1.54, 1.807) is 7.11 Å². The number of hydrogen-bond acceptors (Lipinski definition) is 4. The summed E-state index contributed by atoms with van der Waals surface area (Å²) in [5.74, 6) is -0.469. The molecule has 0 saturated heterocycles. The van der Waals surface area contributed by atoms with Crippen LogP contribution in [-0.4, -0.2) is 30.9 Å². The second kappa shape index (κ2) is 8.78. The van der Waals surface area contributed by atoms with Crippen molar-refractivity contribution in [1.29, 1.82) is 0 Å². The number of nitrogens with two attached hydrogens (primary N) is 1. The van der Waals surface area contributed by atoms with E-state index in [1.165, 1.54) is 23.3 Å². The summed E-state index contributed by atoms with van der Waals surface area (Å²) in [5.41, 5.74) is 8.96. The highest BCUT2D eigenvalue weighted by Gasteiger charge is 2.23. The van der Waals surface area contributed by atoms with Gasteiger partial charge in [0.05, 0.1) is 13.2 Å². The standard InChI is InChI=1S/C21H26F2N2O2/c1-27-17-6-5-14-3-2-4-20(18(14)11-17)25-12-21(26)19(24)9-13-7-15(22)10-16(23)8-13/h5-8,10-11,19-21,25-26H,2-4,9,12,24H2,1H3/t19-,20?,21+/m0/s1. The molecule has 146 valence electrons. The first kappa shape index (κ1) is 19.7. The Hall–Kier alpha value is -2.02. The Morgan fingerprint density at radius 3 is 2.67 bits per heavy atom. The summed E-state index contributed by atoms with van der Waals surface area (Å²) in [6.07, 6.45) is 2.45. The van der Waals surface area contributed by atoms with E-state index < -0.39 is 23.8 Å². The van der Waals surface area contributed by atoms with Gasteiger partial charge in [-0.25, -0.2) is 8.78 Å². The van der Waals surface area contributed by atoms with Gasteiger partial charge in [-0.2, -0.15) is 0 Å². The molecular formula is C21H26F2N2O2. The highest BCUT2D eigenvalue weighted by Crippen LogP contribution is 2.32. The molecule has 3 rings (SSSR count). The van der Waals surface area contributed by atoms with Crippen molar-refractivity contribution in [2.24, 2.45) is 5.73 Å². The number of rotatable bonds is 7. The fraction of sp³-hybridized carbons (Fsp3) is 0.429. The number of aliphatic hydroxyl groups excluding tert-OH is 1. The second-order valence-corrected chi connectivity index (χ2v) is 7.13. The zero-order valence-corrected chi connectivity index (χ0v) is 15.4. The third kappa shape index (κ3) is 5.03. The van der Waals surface area contributed by atoms with E-state index in [1.807, 2.05) is 12.1 Å². The molecule has 0 radical (unpaired) electrons. The Morgan fingerprint density at radius 1 is 1.22 bits per heavy atom. The summed E-state index contributed by atoms with van der Waals surface area (Å²) in [6, 6.07) is 8.89. The normalized spacial score (nSPS) is 18.6. The van der Waals surface area contributed by atoms with Gasteiger partial charge < -0.3 is 20.9 Å². The van der Waals surface area contributed by atoms with Crippen molar-refractivity contribution < 1.29 is 18.6 Å². The Kier molecular flexibility index (Phi) is 6.42. The lowest BCUT2D eigenvalue weighted by Gasteiger charge is -2.29. The number of aliphatic hydroxyl groups is 1. The highest BCUT2D eigenvalue weighted by atomic mass is 19.1. The molecule has 3 atom stereocenters. The number of benzene rings is 2. The summed E-state index contributed by atoms with van der Waals surface area (Å²) in [4.78, 5) is 0. The second-order valence-electron chi connectivity index (χ2n) is 7.13. The molecule has 0 saturated carbocycles. The monoisotopic (exact) mass is 376 g/mol. The topological polar surface area (TPSA) is 67.5 Å². The minimum absolute atomic E-state index is 0.123. The van der Waals surface area contributed by atoms with Crippen LogP contribution in [-0.2, 0) is 12.8 Å². The number of nitrogens with one attached hydrogen (secondary N) is 1. The summed E-state index contributed by atoms with van der Waals surface area (Å²) in [5, 5.41) is 13.8. The van der Waals surface area contributed by atoms with Crippen molar-refractivity contribution in [3.05, 3.63) is 64.7 Å². The Balaban J connectivity index is 1.60. The van der Waals surface area contributed by atoms with Gasteiger partial charge in [0, 0.05) is 24.7 Å². The maximum Gasteiger partial charge on any atom is 0.126 e. The Morgan fingerprint density at radius 2 is 1.96 bits per heavy atom. The lowest BCUT2D eigenvalue weighted by atomic mass is 9.87. The predicted molar refractivity (Wildman–Crippen MR) is 101 cm³/mol. The summed E-state index contributed by atoms with van der Waals surface area (Å²) in [7, 11) is 1.64. The van der Waals surface area contributed by atoms with E-state index in [0.717, 1.165) is 31.1 Å². The van der Waals surface area contributed by atoms with Gasteiger partial charge in [-0.1, -0.05) is 6.07 Å². The molecule has 0 amide bonds. The van der Waals surface area contributed by atoms with E-state index in [2.05, 4.69) is 11.4 Å². The molecule has 1 aliphatic rings. The lowest BCUT2D eigenvalue weighted by Crippen LogP contribution is -2.44. The van der Waals surface area contributed by atoms with Crippen LogP contribution in [0.2, 0.25) is 0 Å². The van der Waals surface area contributed by atoms with Crippen molar-refractivity contribution in [3.8, 4) is 5.75 Å². The van der Waals surface area contributed by atoms with Gasteiger partial charge in [-0.15, -0.1) is 0 Å². The van der Waals surface area contributed by atoms with E-state index in [4.69, 9.17) is 10.5 Å². The molecule has 0 heterocycles. The number of halogens is 2. The van der Waals surface area contributed by atoms with Gasteiger partial charge >= 0.3 is 0 Å². The van der Waals surface area contributed by atoms with Crippen LogP contribution < -0.4 is 15.8 Å².